The maximum Gasteiger partial charge on any atom is 0.252 e. The Morgan fingerprint density at radius 2 is 0.917 bits per heavy atom. The molecule has 0 bridgehead atoms. The van der Waals surface area contributed by atoms with E-state index in [1.807, 2.05) is 135 Å². The van der Waals surface area contributed by atoms with Gasteiger partial charge in [0.05, 0.1) is 33.5 Å². The Labute approximate surface area is 279 Å². The molecule has 0 aliphatic carbocycles. The number of hydrogen-bond acceptors (Lipinski definition) is 4. The van der Waals surface area contributed by atoms with Crippen LogP contribution in [0.2, 0.25) is 0 Å². The molecule has 0 saturated carbocycles. The molecule has 2 heterocycles. The van der Waals surface area contributed by atoms with E-state index in [2.05, 4.69) is 22.8 Å². The number of para-hydroxylation sites is 2. The van der Waals surface area contributed by atoms with Crippen LogP contribution in [-0.4, -0.2) is 21.8 Å². The molecular formula is C42H34N4O2. The highest BCUT2D eigenvalue weighted by atomic mass is 16.2. The quantitative estimate of drug-likeness (QED) is 0.177. The van der Waals surface area contributed by atoms with E-state index in [9.17, 15) is 9.59 Å². The Balaban J connectivity index is 1.04. The summed E-state index contributed by atoms with van der Waals surface area (Å²) in [7, 11) is 0. The van der Waals surface area contributed by atoms with Crippen molar-refractivity contribution in [3.05, 3.63) is 167 Å². The van der Waals surface area contributed by atoms with Crippen LogP contribution in [0.15, 0.2) is 133 Å². The van der Waals surface area contributed by atoms with Crippen molar-refractivity contribution >= 4 is 33.6 Å². The van der Waals surface area contributed by atoms with Crippen LogP contribution in [-0.2, 0) is 13.1 Å². The van der Waals surface area contributed by atoms with Gasteiger partial charge >= 0.3 is 0 Å². The number of nitrogens with zero attached hydrogens (tertiary/aromatic N) is 2. The highest BCUT2D eigenvalue weighted by Crippen LogP contribution is 2.27. The monoisotopic (exact) mass is 626 g/mol. The minimum atomic E-state index is -0.159. The van der Waals surface area contributed by atoms with Gasteiger partial charge in [-0.25, -0.2) is 9.97 Å². The second-order valence-electron chi connectivity index (χ2n) is 12.1. The van der Waals surface area contributed by atoms with E-state index in [4.69, 9.17) is 9.97 Å². The number of hydrogen-bond donors (Lipinski definition) is 2. The van der Waals surface area contributed by atoms with E-state index in [-0.39, 0.29) is 11.8 Å². The lowest BCUT2D eigenvalue weighted by Crippen LogP contribution is -2.24. The van der Waals surface area contributed by atoms with Crippen LogP contribution in [0.1, 0.15) is 43.0 Å². The van der Waals surface area contributed by atoms with Crippen molar-refractivity contribution in [1.82, 2.24) is 20.6 Å². The van der Waals surface area contributed by atoms with E-state index in [1.165, 1.54) is 0 Å². The van der Waals surface area contributed by atoms with E-state index in [1.54, 1.807) is 0 Å². The molecule has 0 spiro atoms. The van der Waals surface area contributed by atoms with Crippen LogP contribution in [0.25, 0.3) is 44.3 Å². The Hall–Kier alpha value is -6.14. The molecule has 0 unspecified atom stereocenters. The predicted octanol–water partition coefficient (Wildman–Crippen LogP) is 8.59. The van der Waals surface area contributed by atoms with E-state index < -0.39 is 0 Å². The maximum atomic E-state index is 13.5. The number of benzene rings is 5. The lowest BCUT2D eigenvalue weighted by Gasteiger charge is -2.12. The number of rotatable bonds is 8. The smallest absolute Gasteiger partial charge is 0.252 e. The molecule has 5 aromatic carbocycles. The molecule has 6 heteroatoms. The number of aromatic nitrogens is 2. The largest absolute Gasteiger partial charge is 0.348 e. The first-order chi connectivity index (χ1) is 23.4. The standard InChI is InChI=1S/C42H34N4O2/c1-27-9-7-11-31(21-27)39-23-35(33-13-3-5-15-37(33)45-39)41(47)43-25-29-17-19-30(20-18-29)26-44-42(48)36-24-40(32-12-8-10-28(2)22-32)46-38-16-6-4-14-34(36)38/h3-24H,25-26H2,1-2H3,(H,43,47)(H,44,48). The van der Waals surface area contributed by atoms with Gasteiger partial charge in [-0.15, -0.1) is 0 Å². The van der Waals surface area contributed by atoms with Gasteiger partial charge in [-0.05, 0) is 61.4 Å². The number of aryl methyl sites for hydroxylation is 2. The second-order valence-corrected chi connectivity index (χ2v) is 12.1. The maximum absolute atomic E-state index is 13.5. The van der Waals surface area contributed by atoms with Crippen LogP contribution >= 0.6 is 0 Å². The molecule has 6 nitrogen and oxygen atoms in total. The highest BCUT2D eigenvalue weighted by molar-refractivity contribution is 6.08. The normalized spacial score (nSPS) is 11.0. The molecular weight excluding hydrogens is 592 g/mol. The fourth-order valence-corrected chi connectivity index (χ4v) is 5.96. The van der Waals surface area contributed by atoms with Crippen molar-refractivity contribution in [2.24, 2.45) is 0 Å². The zero-order valence-corrected chi connectivity index (χ0v) is 26.8. The van der Waals surface area contributed by atoms with Crippen molar-refractivity contribution in [3.8, 4) is 22.5 Å². The molecule has 7 rings (SSSR count). The average Bonchev–Trinajstić information content (AvgIpc) is 3.12. The van der Waals surface area contributed by atoms with Crippen molar-refractivity contribution < 1.29 is 9.59 Å². The van der Waals surface area contributed by atoms with Gasteiger partial charge in [-0.2, -0.15) is 0 Å². The molecule has 0 fully saturated rings. The molecule has 7 aromatic rings. The van der Waals surface area contributed by atoms with Crippen molar-refractivity contribution in [1.29, 1.82) is 0 Å². The molecule has 0 aliphatic rings. The van der Waals surface area contributed by atoms with Crippen LogP contribution in [0.5, 0.6) is 0 Å². The number of fused-ring (bicyclic) bond motifs is 2. The Kier molecular flexibility index (Phi) is 8.46. The minimum absolute atomic E-state index is 0.159. The fraction of sp³-hybridized carbons (Fsp3) is 0.0952. The molecule has 0 saturated heterocycles. The first-order valence-electron chi connectivity index (χ1n) is 16.0. The molecule has 48 heavy (non-hydrogen) atoms. The third-order valence-corrected chi connectivity index (χ3v) is 8.48. The summed E-state index contributed by atoms with van der Waals surface area (Å²) in [6, 6.07) is 43.3. The third kappa shape index (κ3) is 6.55. The van der Waals surface area contributed by atoms with Gasteiger partial charge in [0.15, 0.2) is 0 Å². The van der Waals surface area contributed by atoms with Crippen LogP contribution in [0.4, 0.5) is 0 Å². The van der Waals surface area contributed by atoms with Gasteiger partial charge in [-0.1, -0.05) is 108 Å². The van der Waals surface area contributed by atoms with E-state index in [0.717, 1.165) is 66.6 Å². The van der Waals surface area contributed by atoms with Crippen LogP contribution < -0.4 is 10.6 Å². The van der Waals surface area contributed by atoms with Gasteiger partial charge in [0.25, 0.3) is 11.8 Å². The molecule has 234 valence electrons. The summed E-state index contributed by atoms with van der Waals surface area (Å²) in [5.74, 6) is -0.318. The number of pyridine rings is 2. The topological polar surface area (TPSA) is 84.0 Å². The number of carbonyl (C=O) groups is 2. The summed E-state index contributed by atoms with van der Waals surface area (Å²) in [6.45, 7) is 4.82. The second kappa shape index (κ2) is 13.3. The van der Waals surface area contributed by atoms with Gasteiger partial charge in [0.1, 0.15) is 0 Å². The summed E-state index contributed by atoms with van der Waals surface area (Å²) >= 11 is 0. The van der Waals surface area contributed by atoms with E-state index in [0.29, 0.717) is 24.2 Å². The summed E-state index contributed by atoms with van der Waals surface area (Å²) in [4.78, 5) is 36.6. The van der Waals surface area contributed by atoms with Crippen LogP contribution in [0.3, 0.4) is 0 Å². The molecule has 2 N–H and O–H groups in total. The van der Waals surface area contributed by atoms with Crippen LogP contribution in [0, 0.1) is 13.8 Å². The van der Waals surface area contributed by atoms with Gasteiger partial charge < -0.3 is 10.6 Å². The summed E-state index contributed by atoms with van der Waals surface area (Å²) < 4.78 is 0. The number of nitrogens with one attached hydrogen (secondary N) is 2. The van der Waals surface area contributed by atoms with Gasteiger partial charge in [-0.3, -0.25) is 9.59 Å². The van der Waals surface area contributed by atoms with Gasteiger partial charge in [0.2, 0.25) is 0 Å². The van der Waals surface area contributed by atoms with Gasteiger partial charge in [0, 0.05) is 35.0 Å². The number of amides is 2. The third-order valence-electron chi connectivity index (χ3n) is 8.48. The summed E-state index contributed by atoms with van der Waals surface area (Å²) in [6.07, 6.45) is 0. The SMILES string of the molecule is Cc1cccc(-c2cc(C(=O)NCc3ccc(CNC(=O)c4cc(-c5cccc(C)c5)nc5ccccc45)cc3)c3ccccc3n2)c1. The average molecular weight is 627 g/mol. The van der Waals surface area contributed by atoms with Crippen molar-refractivity contribution in [2.45, 2.75) is 26.9 Å². The number of carbonyl (C=O) groups excluding carboxylic acids is 2. The minimum Gasteiger partial charge on any atom is -0.348 e. The summed E-state index contributed by atoms with van der Waals surface area (Å²) in [5, 5.41) is 7.79. The Morgan fingerprint density at radius 1 is 0.500 bits per heavy atom. The first-order valence-corrected chi connectivity index (χ1v) is 16.0. The predicted molar refractivity (Wildman–Crippen MR) is 193 cm³/mol. The van der Waals surface area contributed by atoms with Crippen molar-refractivity contribution in [2.75, 3.05) is 0 Å². The fourth-order valence-electron chi connectivity index (χ4n) is 5.96. The zero-order valence-electron chi connectivity index (χ0n) is 26.8. The Morgan fingerprint density at radius 3 is 1.33 bits per heavy atom. The lowest BCUT2D eigenvalue weighted by atomic mass is 10.0. The molecule has 0 atom stereocenters. The van der Waals surface area contributed by atoms with Crippen molar-refractivity contribution in [3.63, 3.8) is 0 Å². The van der Waals surface area contributed by atoms with E-state index >= 15 is 0 Å². The molecule has 2 aromatic heterocycles. The lowest BCUT2D eigenvalue weighted by molar-refractivity contribution is 0.0944. The first kappa shape index (κ1) is 30.5. The molecule has 2 amide bonds. The Bertz CT molecular complexity index is 2150. The molecule has 0 aliphatic heterocycles. The molecule has 0 radical (unpaired) electrons. The zero-order chi connectivity index (χ0) is 33.0. The summed E-state index contributed by atoms with van der Waals surface area (Å²) in [5.41, 5.74) is 10.4. The highest BCUT2D eigenvalue weighted by Gasteiger charge is 2.16.